The Balaban J connectivity index is 1.87. The molecule has 0 aromatic heterocycles. The van der Waals surface area contributed by atoms with Gasteiger partial charge in [-0.1, -0.05) is 6.42 Å². The molecular weight excluding hydrogens is 178 g/mol. The van der Waals surface area contributed by atoms with Gasteiger partial charge in [0, 0.05) is 19.1 Å². The van der Waals surface area contributed by atoms with E-state index in [0.717, 1.165) is 32.5 Å². The van der Waals surface area contributed by atoms with E-state index in [1.807, 2.05) is 4.90 Å². The van der Waals surface area contributed by atoms with E-state index in [1.165, 1.54) is 12.8 Å². The average molecular weight is 197 g/mol. The van der Waals surface area contributed by atoms with E-state index in [-0.39, 0.29) is 18.0 Å². The zero-order chi connectivity index (χ0) is 9.97. The van der Waals surface area contributed by atoms with E-state index in [1.54, 1.807) is 0 Å². The lowest BCUT2D eigenvalue weighted by Gasteiger charge is -2.27. The number of rotatable bonds is 1. The summed E-state index contributed by atoms with van der Waals surface area (Å²) >= 11 is 0. The number of nitrogens with zero attached hydrogens (tertiary/aromatic N) is 1. The predicted octanol–water partition coefficient (Wildman–Crippen LogP) is -0.312. The van der Waals surface area contributed by atoms with Crippen molar-refractivity contribution in [2.75, 3.05) is 19.6 Å². The zero-order valence-corrected chi connectivity index (χ0v) is 8.54. The molecule has 14 heavy (non-hydrogen) atoms. The summed E-state index contributed by atoms with van der Waals surface area (Å²) in [5.74, 6) is 0.262. The summed E-state index contributed by atoms with van der Waals surface area (Å²) in [6.45, 7) is 2.57. The Hall–Kier alpha value is -0.610. The van der Waals surface area contributed by atoms with E-state index < -0.39 is 0 Å². The van der Waals surface area contributed by atoms with Crippen LogP contribution in [0.3, 0.4) is 0 Å². The summed E-state index contributed by atoms with van der Waals surface area (Å²) in [6.07, 6.45) is 4.32. The Labute approximate surface area is 84.8 Å². The summed E-state index contributed by atoms with van der Waals surface area (Å²) in [6, 6.07) is 0.261. The van der Waals surface area contributed by atoms with Crippen LogP contribution in [0.5, 0.6) is 0 Å². The van der Waals surface area contributed by atoms with Crippen LogP contribution in [0.1, 0.15) is 25.7 Å². The zero-order valence-electron chi connectivity index (χ0n) is 8.54. The van der Waals surface area contributed by atoms with Gasteiger partial charge in [-0.2, -0.15) is 0 Å². The molecule has 2 aliphatic heterocycles. The molecule has 0 bridgehead atoms. The third-order valence-corrected chi connectivity index (χ3v) is 3.14. The Morgan fingerprint density at radius 1 is 1.36 bits per heavy atom. The maximum absolute atomic E-state index is 12.0. The van der Waals surface area contributed by atoms with E-state index in [9.17, 15) is 4.79 Å². The second-order valence-electron chi connectivity index (χ2n) is 4.34. The van der Waals surface area contributed by atoms with Crippen molar-refractivity contribution in [3.05, 3.63) is 0 Å². The summed E-state index contributed by atoms with van der Waals surface area (Å²) < 4.78 is 0. The highest BCUT2D eigenvalue weighted by atomic mass is 16.2. The highest BCUT2D eigenvalue weighted by Gasteiger charge is 2.29. The smallest absolute Gasteiger partial charge is 0.239 e. The average Bonchev–Trinajstić information content (AvgIpc) is 2.65. The Bertz CT molecular complexity index is 207. The van der Waals surface area contributed by atoms with Crippen LogP contribution in [0.4, 0.5) is 0 Å². The third kappa shape index (κ3) is 2.07. The molecule has 0 radical (unpaired) electrons. The van der Waals surface area contributed by atoms with Crippen molar-refractivity contribution >= 4 is 5.91 Å². The third-order valence-electron chi connectivity index (χ3n) is 3.14. The Kier molecular flexibility index (Phi) is 3.03. The van der Waals surface area contributed by atoms with Gasteiger partial charge in [-0.3, -0.25) is 4.79 Å². The first-order valence-electron chi connectivity index (χ1n) is 5.55. The molecule has 0 unspecified atom stereocenters. The van der Waals surface area contributed by atoms with Crippen molar-refractivity contribution in [3.8, 4) is 0 Å². The lowest BCUT2D eigenvalue weighted by Crippen LogP contribution is -2.48. The molecule has 1 amide bonds. The fraction of sp³-hybridized carbons (Fsp3) is 0.900. The Morgan fingerprint density at radius 2 is 2.21 bits per heavy atom. The fourth-order valence-corrected chi connectivity index (χ4v) is 2.27. The second-order valence-corrected chi connectivity index (χ2v) is 4.34. The molecule has 2 rings (SSSR count). The number of amides is 1. The molecule has 80 valence electrons. The van der Waals surface area contributed by atoms with Gasteiger partial charge >= 0.3 is 0 Å². The van der Waals surface area contributed by atoms with Crippen molar-refractivity contribution in [1.29, 1.82) is 0 Å². The number of hydrogen-bond acceptors (Lipinski definition) is 3. The molecule has 0 aromatic carbocycles. The van der Waals surface area contributed by atoms with Gasteiger partial charge in [0.1, 0.15) is 0 Å². The van der Waals surface area contributed by atoms with E-state index in [4.69, 9.17) is 5.73 Å². The molecular formula is C10H19N3O. The number of likely N-dealkylation sites (tertiary alicyclic amines) is 1. The minimum atomic E-state index is 0.0639. The first-order chi connectivity index (χ1) is 6.77. The maximum atomic E-state index is 12.0. The molecule has 2 aliphatic rings. The van der Waals surface area contributed by atoms with Crippen LogP contribution in [-0.2, 0) is 4.79 Å². The van der Waals surface area contributed by atoms with Crippen LogP contribution in [-0.4, -0.2) is 42.5 Å². The van der Waals surface area contributed by atoms with Gasteiger partial charge in [-0.05, 0) is 25.8 Å². The number of nitrogens with one attached hydrogen (secondary N) is 1. The van der Waals surface area contributed by atoms with Gasteiger partial charge in [0.2, 0.25) is 5.91 Å². The largest absolute Gasteiger partial charge is 0.340 e. The number of carbonyl (C=O) groups is 1. The van der Waals surface area contributed by atoms with Gasteiger partial charge in [0.15, 0.2) is 0 Å². The van der Waals surface area contributed by atoms with Crippen LogP contribution in [0.25, 0.3) is 0 Å². The SMILES string of the molecule is N[C@H]1CCN(C(=O)[C@@H]2CCCCN2)C1. The first kappa shape index (κ1) is 9.93. The van der Waals surface area contributed by atoms with Gasteiger partial charge in [0.25, 0.3) is 0 Å². The lowest BCUT2D eigenvalue weighted by molar-refractivity contribution is -0.133. The number of piperidine rings is 1. The van der Waals surface area contributed by atoms with Gasteiger partial charge in [-0.25, -0.2) is 0 Å². The van der Waals surface area contributed by atoms with Crippen LogP contribution < -0.4 is 11.1 Å². The molecule has 2 saturated heterocycles. The summed E-state index contributed by atoms with van der Waals surface area (Å²) in [5.41, 5.74) is 5.78. The molecule has 0 aromatic rings. The van der Waals surface area contributed by atoms with Crippen molar-refractivity contribution in [1.82, 2.24) is 10.2 Å². The quantitative estimate of drug-likeness (QED) is 0.606. The molecule has 3 N–H and O–H groups in total. The summed E-state index contributed by atoms with van der Waals surface area (Å²) in [7, 11) is 0. The summed E-state index contributed by atoms with van der Waals surface area (Å²) in [4.78, 5) is 13.9. The number of nitrogens with two attached hydrogens (primary N) is 1. The van der Waals surface area contributed by atoms with Gasteiger partial charge < -0.3 is 16.0 Å². The molecule has 2 fully saturated rings. The minimum absolute atomic E-state index is 0.0639. The number of carbonyl (C=O) groups excluding carboxylic acids is 1. The molecule has 2 heterocycles. The van der Waals surface area contributed by atoms with Crippen molar-refractivity contribution in [2.24, 2.45) is 5.73 Å². The van der Waals surface area contributed by atoms with E-state index in [0.29, 0.717) is 0 Å². The molecule has 2 atom stereocenters. The highest BCUT2D eigenvalue weighted by Crippen LogP contribution is 2.13. The Morgan fingerprint density at radius 3 is 2.79 bits per heavy atom. The summed E-state index contributed by atoms with van der Waals surface area (Å²) in [5, 5.41) is 3.28. The second kappa shape index (κ2) is 4.28. The van der Waals surface area contributed by atoms with Gasteiger partial charge in [-0.15, -0.1) is 0 Å². The standard InChI is InChI=1S/C10H19N3O/c11-8-4-6-13(7-8)10(14)9-3-1-2-5-12-9/h8-9,12H,1-7,11H2/t8-,9-/m0/s1. The van der Waals surface area contributed by atoms with E-state index >= 15 is 0 Å². The predicted molar refractivity (Wildman–Crippen MR) is 54.8 cm³/mol. The van der Waals surface area contributed by atoms with Crippen LogP contribution >= 0.6 is 0 Å². The molecule has 0 spiro atoms. The van der Waals surface area contributed by atoms with Crippen LogP contribution in [0, 0.1) is 0 Å². The molecule has 0 aliphatic carbocycles. The van der Waals surface area contributed by atoms with Crippen molar-refractivity contribution in [3.63, 3.8) is 0 Å². The maximum Gasteiger partial charge on any atom is 0.239 e. The van der Waals surface area contributed by atoms with Crippen molar-refractivity contribution in [2.45, 2.75) is 37.8 Å². The van der Waals surface area contributed by atoms with Crippen molar-refractivity contribution < 1.29 is 4.79 Å². The normalized spacial score (nSPS) is 33.4. The first-order valence-corrected chi connectivity index (χ1v) is 5.55. The molecule has 4 nitrogen and oxygen atoms in total. The minimum Gasteiger partial charge on any atom is -0.340 e. The topological polar surface area (TPSA) is 58.4 Å². The monoisotopic (exact) mass is 197 g/mol. The van der Waals surface area contributed by atoms with Crippen LogP contribution in [0.2, 0.25) is 0 Å². The van der Waals surface area contributed by atoms with Crippen LogP contribution in [0.15, 0.2) is 0 Å². The molecule has 4 heteroatoms. The fourth-order valence-electron chi connectivity index (χ4n) is 2.27. The lowest BCUT2D eigenvalue weighted by atomic mass is 10.0. The number of hydrogen-bond donors (Lipinski definition) is 2. The molecule has 0 saturated carbocycles. The van der Waals surface area contributed by atoms with E-state index in [2.05, 4.69) is 5.32 Å². The highest BCUT2D eigenvalue weighted by molar-refractivity contribution is 5.82. The van der Waals surface area contributed by atoms with Gasteiger partial charge in [0.05, 0.1) is 6.04 Å².